The normalized spacial score (nSPS) is 17.8. The van der Waals surface area contributed by atoms with Gasteiger partial charge in [0.05, 0.1) is 20.4 Å². The van der Waals surface area contributed by atoms with Crippen LogP contribution in [-0.4, -0.2) is 61.5 Å². The zero-order valence-electron chi connectivity index (χ0n) is 15.8. The summed E-state index contributed by atoms with van der Waals surface area (Å²) in [5, 5.41) is 9.51. The SMILES string of the molecule is COc1cc(CN2CCN(c3ccc(F)cn3)CC2CCO)cc(OC)c1. The molecule has 0 radical (unpaired) electrons. The second-order valence-electron chi connectivity index (χ2n) is 6.64. The van der Waals surface area contributed by atoms with Crippen LogP contribution in [0.4, 0.5) is 10.2 Å². The molecule has 0 bridgehead atoms. The Balaban J connectivity index is 1.73. The van der Waals surface area contributed by atoms with Crippen LogP contribution in [0.5, 0.6) is 11.5 Å². The second-order valence-corrected chi connectivity index (χ2v) is 6.64. The van der Waals surface area contributed by atoms with Gasteiger partial charge in [0.25, 0.3) is 0 Å². The Morgan fingerprint density at radius 1 is 1.15 bits per heavy atom. The second kappa shape index (κ2) is 9.01. The van der Waals surface area contributed by atoms with Gasteiger partial charge in [-0.3, -0.25) is 4.90 Å². The van der Waals surface area contributed by atoms with Crippen LogP contribution in [-0.2, 0) is 6.54 Å². The molecular weight excluding hydrogens is 349 g/mol. The Labute approximate surface area is 159 Å². The van der Waals surface area contributed by atoms with E-state index in [4.69, 9.17) is 9.47 Å². The highest BCUT2D eigenvalue weighted by atomic mass is 19.1. The third kappa shape index (κ3) is 4.87. The molecule has 0 amide bonds. The average molecular weight is 375 g/mol. The predicted molar refractivity (Wildman–Crippen MR) is 102 cm³/mol. The number of methoxy groups -OCH3 is 2. The Bertz CT molecular complexity index is 720. The minimum Gasteiger partial charge on any atom is -0.497 e. The number of halogens is 1. The van der Waals surface area contributed by atoms with Crippen LogP contribution in [0.3, 0.4) is 0 Å². The maximum absolute atomic E-state index is 13.1. The fourth-order valence-electron chi connectivity index (χ4n) is 3.48. The first kappa shape index (κ1) is 19.4. The van der Waals surface area contributed by atoms with E-state index in [-0.39, 0.29) is 18.5 Å². The Hall–Kier alpha value is -2.38. The molecule has 0 saturated carbocycles. The largest absolute Gasteiger partial charge is 0.497 e. The Kier molecular flexibility index (Phi) is 6.47. The number of hydrogen-bond donors (Lipinski definition) is 1. The summed E-state index contributed by atoms with van der Waals surface area (Å²) < 4.78 is 23.9. The molecule has 0 aliphatic carbocycles. The molecule has 27 heavy (non-hydrogen) atoms. The summed E-state index contributed by atoms with van der Waals surface area (Å²) in [5.41, 5.74) is 1.10. The number of hydrogen-bond acceptors (Lipinski definition) is 6. The molecule has 2 aromatic rings. The van der Waals surface area contributed by atoms with E-state index in [0.29, 0.717) is 6.42 Å². The first-order valence-corrected chi connectivity index (χ1v) is 9.06. The van der Waals surface area contributed by atoms with E-state index in [1.54, 1.807) is 20.3 Å². The summed E-state index contributed by atoms with van der Waals surface area (Å²) in [7, 11) is 3.28. The standard InChI is InChI=1S/C20H26FN3O3/c1-26-18-9-15(10-19(11-18)27-2)13-23-6-7-24(14-17(23)5-8-25)20-4-3-16(21)12-22-20/h3-4,9-12,17,25H,5-8,13-14H2,1-2H3. The van der Waals surface area contributed by atoms with Gasteiger partial charge in [-0.25, -0.2) is 9.37 Å². The maximum atomic E-state index is 13.1. The molecule has 1 aliphatic heterocycles. The summed E-state index contributed by atoms with van der Waals surface area (Å²) in [6.07, 6.45) is 1.91. The van der Waals surface area contributed by atoms with E-state index in [1.165, 1.54) is 12.3 Å². The average Bonchev–Trinajstić information content (AvgIpc) is 2.69. The van der Waals surface area contributed by atoms with Crippen LogP contribution in [0.15, 0.2) is 36.5 Å². The molecule has 1 aromatic carbocycles. The maximum Gasteiger partial charge on any atom is 0.141 e. The van der Waals surface area contributed by atoms with E-state index in [9.17, 15) is 9.50 Å². The number of pyridine rings is 1. The van der Waals surface area contributed by atoms with Gasteiger partial charge in [-0.05, 0) is 36.2 Å². The van der Waals surface area contributed by atoms with Crippen molar-refractivity contribution in [3.05, 3.63) is 47.9 Å². The molecule has 1 fully saturated rings. The van der Waals surface area contributed by atoms with Gasteiger partial charge in [0.1, 0.15) is 23.1 Å². The summed E-state index contributed by atoms with van der Waals surface area (Å²) in [4.78, 5) is 8.68. The lowest BCUT2D eigenvalue weighted by Gasteiger charge is -2.42. The summed E-state index contributed by atoms with van der Waals surface area (Å²) in [6.45, 7) is 3.21. The van der Waals surface area contributed by atoms with Gasteiger partial charge < -0.3 is 19.5 Å². The quantitative estimate of drug-likeness (QED) is 0.802. The Morgan fingerprint density at radius 2 is 1.89 bits per heavy atom. The highest BCUT2D eigenvalue weighted by Crippen LogP contribution is 2.26. The highest BCUT2D eigenvalue weighted by Gasteiger charge is 2.27. The fourth-order valence-corrected chi connectivity index (χ4v) is 3.48. The minimum atomic E-state index is -0.337. The number of nitrogens with zero attached hydrogens (tertiary/aromatic N) is 3. The van der Waals surface area contributed by atoms with Gasteiger partial charge in [-0.1, -0.05) is 0 Å². The van der Waals surface area contributed by atoms with Gasteiger partial charge in [-0.15, -0.1) is 0 Å². The van der Waals surface area contributed by atoms with Gasteiger partial charge in [0.15, 0.2) is 0 Å². The lowest BCUT2D eigenvalue weighted by molar-refractivity contribution is 0.135. The fraction of sp³-hybridized carbons (Fsp3) is 0.450. The number of piperazine rings is 1. The molecule has 1 atom stereocenters. The van der Waals surface area contributed by atoms with Crippen LogP contribution in [0.2, 0.25) is 0 Å². The zero-order valence-corrected chi connectivity index (χ0v) is 15.8. The molecule has 2 heterocycles. The number of aromatic nitrogens is 1. The number of aliphatic hydroxyl groups is 1. The third-order valence-corrected chi connectivity index (χ3v) is 4.90. The van der Waals surface area contributed by atoms with Crippen molar-refractivity contribution < 1.29 is 19.0 Å². The van der Waals surface area contributed by atoms with E-state index >= 15 is 0 Å². The smallest absolute Gasteiger partial charge is 0.141 e. The van der Waals surface area contributed by atoms with Crippen LogP contribution in [0.1, 0.15) is 12.0 Å². The molecule has 1 aromatic heterocycles. The van der Waals surface area contributed by atoms with Crippen molar-refractivity contribution >= 4 is 5.82 Å². The van der Waals surface area contributed by atoms with Crippen molar-refractivity contribution in [2.45, 2.75) is 19.0 Å². The van der Waals surface area contributed by atoms with Crippen LogP contribution < -0.4 is 14.4 Å². The van der Waals surface area contributed by atoms with E-state index in [2.05, 4.69) is 14.8 Å². The van der Waals surface area contributed by atoms with E-state index in [1.807, 2.05) is 18.2 Å². The van der Waals surface area contributed by atoms with Crippen molar-refractivity contribution in [3.8, 4) is 11.5 Å². The van der Waals surface area contributed by atoms with Crippen molar-refractivity contribution in [2.24, 2.45) is 0 Å². The van der Waals surface area contributed by atoms with Crippen LogP contribution in [0, 0.1) is 5.82 Å². The highest BCUT2D eigenvalue weighted by molar-refractivity contribution is 5.40. The molecule has 1 N–H and O–H groups in total. The summed E-state index contributed by atoms with van der Waals surface area (Å²) in [5.74, 6) is 1.95. The topological polar surface area (TPSA) is 58.1 Å². The molecule has 146 valence electrons. The summed E-state index contributed by atoms with van der Waals surface area (Å²) in [6, 6.07) is 9.17. The van der Waals surface area contributed by atoms with Crippen molar-refractivity contribution in [3.63, 3.8) is 0 Å². The number of ether oxygens (including phenoxy) is 2. The molecule has 0 spiro atoms. The molecule has 1 saturated heterocycles. The molecule has 1 aliphatic rings. The summed E-state index contributed by atoms with van der Waals surface area (Å²) >= 11 is 0. The van der Waals surface area contributed by atoms with Crippen molar-refractivity contribution in [2.75, 3.05) is 45.4 Å². The first-order valence-electron chi connectivity index (χ1n) is 9.06. The van der Waals surface area contributed by atoms with Crippen molar-refractivity contribution in [1.29, 1.82) is 0 Å². The van der Waals surface area contributed by atoms with Gasteiger partial charge in [-0.2, -0.15) is 0 Å². The number of rotatable bonds is 7. The molecule has 3 rings (SSSR count). The van der Waals surface area contributed by atoms with E-state index in [0.717, 1.165) is 49.1 Å². The Morgan fingerprint density at radius 3 is 2.48 bits per heavy atom. The van der Waals surface area contributed by atoms with Crippen molar-refractivity contribution in [1.82, 2.24) is 9.88 Å². The van der Waals surface area contributed by atoms with Crippen LogP contribution in [0.25, 0.3) is 0 Å². The third-order valence-electron chi connectivity index (χ3n) is 4.90. The van der Waals surface area contributed by atoms with Gasteiger partial charge in [0, 0.05) is 44.9 Å². The molecule has 6 nitrogen and oxygen atoms in total. The molecule has 1 unspecified atom stereocenters. The van der Waals surface area contributed by atoms with Gasteiger partial charge >= 0.3 is 0 Å². The number of benzene rings is 1. The monoisotopic (exact) mass is 375 g/mol. The lowest BCUT2D eigenvalue weighted by Crippen LogP contribution is -2.53. The lowest BCUT2D eigenvalue weighted by atomic mass is 10.1. The van der Waals surface area contributed by atoms with Gasteiger partial charge in [0.2, 0.25) is 0 Å². The van der Waals surface area contributed by atoms with Crippen LogP contribution >= 0.6 is 0 Å². The van der Waals surface area contributed by atoms with E-state index < -0.39 is 0 Å². The number of aliphatic hydroxyl groups excluding tert-OH is 1. The minimum absolute atomic E-state index is 0.118. The molecular formula is C20H26FN3O3. The number of anilines is 1. The first-order chi connectivity index (χ1) is 13.1. The zero-order chi connectivity index (χ0) is 19.2. The molecule has 7 heteroatoms. The predicted octanol–water partition coefficient (Wildman–Crippen LogP) is 2.31.